The van der Waals surface area contributed by atoms with Gasteiger partial charge in [0.2, 0.25) is 5.91 Å². The summed E-state index contributed by atoms with van der Waals surface area (Å²) >= 11 is 0. The first-order chi connectivity index (χ1) is 10.0. The standard InChI is InChI=1S/C17H27N3O/c1-13(14(2)18)17(21)20-11-9-16(10-12-20)19(3)15-7-5-4-6-8-15/h4-8,13-14,16H,9-12,18H2,1-3H3. The maximum atomic E-state index is 12.3. The van der Waals surface area contributed by atoms with Crippen LogP contribution in [0.1, 0.15) is 26.7 Å². The molecule has 0 aliphatic carbocycles. The van der Waals surface area contributed by atoms with Gasteiger partial charge in [0.05, 0.1) is 5.92 Å². The average Bonchev–Trinajstić information content (AvgIpc) is 2.53. The number of carbonyl (C=O) groups is 1. The number of rotatable bonds is 4. The molecule has 1 aliphatic heterocycles. The molecule has 116 valence electrons. The Bertz CT molecular complexity index is 452. The number of likely N-dealkylation sites (tertiary alicyclic amines) is 1. The lowest BCUT2D eigenvalue weighted by Gasteiger charge is -2.39. The molecule has 0 saturated carbocycles. The van der Waals surface area contributed by atoms with Crippen molar-refractivity contribution in [3.05, 3.63) is 30.3 Å². The van der Waals surface area contributed by atoms with Crippen molar-refractivity contribution in [3.63, 3.8) is 0 Å². The van der Waals surface area contributed by atoms with E-state index in [9.17, 15) is 4.79 Å². The molecule has 1 aromatic carbocycles. The smallest absolute Gasteiger partial charge is 0.226 e. The zero-order valence-electron chi connectivity index (χ0n) is 13.3. The first-order valence-corrected chi connectivity index (χ1v) is 7.83. The van der Waals surface area contributed by atoms with E-state index in [1.807, 2.05) is 24.8 Å². The van der Waals surface area contributed by atoms with Crippen LogP contribution in [0.15, 0.2) is 30.3 Å². The molecule has 4 nitrogen and oxygen atoms in total. The summed E-state index contributed by atoms with van der Waals surface area (Å²) < 4.78 is 0. The number of hydrogen-bond acceptors (Lipinski definition) is 3. The van der Waals surface area contributed by atoms with E-state index in [1.54, 1.807) is 0 Å². The van der Waals surface area contributed by atoms with Crippen molar-refractivity contribution in [2.24, 2.45) is 11.7 Å². The van der Waals surface area contributed by atoms with Crippen molar-refractivity contribution in [2.45, 2.75) is 38.8 Å². The fourth-order valence-corrected chi connectivity index (χ4v) is 2.86. The van der Waals surface area contributed by atoms with Crippen molar-refractivity contribution >= 4 is 11.6 Å². The average molecular weight is 289 g/mol. The molecule has 21 heavy (non-hydrogen) atoms. The Morgan fingerprint density at radius 2 is 1.81 bits per heavy atom. The van der Waals surface area contributed by atoms with E-state index in [4.69, 9.17) is 5.73 Å². The van der Waals surface area contributed by atoms with Gasteiger partial charge >= 0.3 is 0 Å². The predicted octanol–water partition coefficient (Wildman–Crippen LogP) is 2.10. The van der Waals surface area contributed by atoms with Gasteiger partial charge in [-0.25, -0.2) is 0 Å². The second-order valence-electron chi connectivity index (χ2n) is 6.15. The molecule has 2 N–H and O–H groups in total. The molecular weight excluding hydrogens is 262 g/mol. The Morgan fingerprint density at radius 3 is 2.33 bits per heavy atom. The lowest BCUT2D eigenvalue weighted by Crippen LogP contribution is -2.49. The summed E-state index contributed by atoms with van der Waals surface area (Å²) in [5, 5.41) is 0. The third kappa shape index (κ3) is 3.76. The zero-order valence-corrected chi connectivity index (χ0v) is 13.3. The normalized spacial score (nSPS) is 19.1. The molecular formula is C17H27N3O. The van der Waals surface area contributed by atoms with Crippen molar-refractivity contribution in [2.75, 3.05) is 25.0 Å². The number of para-hydroxylation sites is 1. The molecule has 1 amide bonds. The van der Waals surface area contributed by atoms with E-state index in [0.29, 0.717) is 6.04 Å². The Labute approximate surface area is 127 Å². The Morgan fingerprint density at radius 1 is 1.24 bits per heavy atom. The summed E-state index contributed by atoms with van der Waals surface area (Å²) in [6.45, 7) is 5.49. The molecule has 4 heteroatoms. The molecule has 2 unspecified atom stereocenters. The highest BCUT2D eigenvalue weighted by Gasteiger charge is 2.28. The third-order valence-corrected chi connectivity index (χ3v) is 4.67. The fourth-order valence-electron chi connectivity index (χ4n) is 2.86. The maximum Gasteiger partial charge on any atom is 0.226 e. The Balaban J connectivity index is 1.90. The van der Waals surface area contributed by atoms with Crippen LogP contribution < -0.4 is 10.6 Å². The largest absolute Gasteiger partial charge is 0.371 e. The van der Waals surface area contributed by atoms with E-state index < -0.39 is 0 Å². The van der Waals surface area contributed by atoms with Gasteiger partial charge in [0, 0.05) is 37.9 Å². The van der Waals surface area contributed by atoms with Crippen molar-refractivity contribution in [3.8, 4) is 0 Å². The maximum absolute atomic E-state index is 12.3. The molecule has 0 aromatic heterocycles. The number of carbonyl (C=O) groups excluding carboxylic acids is 1. The summed E-state index contributed by atoms with van der Waals surface area (Å²) in [4.78, 5) is 16.6. The number of piperidine rings is 1. The van der Waals surface area contributed by atoms with Gasteiger partial charge in [-0.05, 0) is 31.9 Å². The highest BCUT2D eigenvalue weighted by molar-refractivity contribution is 5.79. The van der Waals surface area contributed by atoms with Crippen LogP contribution in [0.2, 0.25) is 0 Å². The minimum Gasteiger partial charge on any atom is -0.371 e. The molecule has 1 saturated heterocycles. The van der Waals surface area contributed by atoms with Gasteiger partial charge in [-0.1, -0.05) is 25.1 Å². The molecule has 1 heterocycles. The number of amides is 1. The molecule has 1 fully saturated rings. The van der Waals surface area contributed by atoms with Gasteiger partial charge in [-0.15, -0.1) is 0 Å². The van der Waals surface area contributed by atoms with Gasteiger partial charge in [0.1, 0.15) is 0 Å². The van der Waals surface area contributed by atoms with Crippen molar-refractivity contribution in [1.82, 2.24) is 4.90 Å². The van der Waals surface area contributed by atoms with Crippen LogP contribution >= 0.6 is 0 Å². The first-order valence-electron chi connectivity index (χ1n) is 7.83. The molecule has 0 radical (unpaired) electrons. The highest BCUT2D eigenvalue weighted by atomic mass is 16.2. The minimum atomic E-state index is -0.0894. The van der Waals surface area contributed by atoms with Crippen LogP contribution in [0.25, 0.3) is 0 Å². The second kappa shape index (κ2) is 6.94. The Hall–Kier alpha value is -1.55. The number of hydrogen-bond donors (Lipinski definition) is 1. The number of benzene rings is 1. The quantitative estimate of drug-likeness (QED) is 0.923. The van der Waals surface area contributed by atoms with Gasteiger partial charge in [0.15, 0.2) is 0 Å². The summed E-state index contributed by atoms with van der Waals surface area (Å²) in [6.07, 6.45) is 2.03. The van der Waals surface area contributed by atoms with Gasteiger partial charge in [-0.2, -0.15) is 0 Å². The van der Waals surface area contributed by atoms with Crippen LogP contribution in [0.3, 0.4) is 0 Å². The SMILES string of the molecule is CC(N)C(C)C(=O)N1CCC(N(C)c2ccccc2)CC1. The predicted molar refractivity (Wildman–Crippen MR) is 87.3 cm³/mol. The van der Waals surface area contributed by atoms with Crippen LogP contribution in [0.5, 0.6) is 0 Å². The molecule has 0 spiro atoms. The number of anilines is 1. The van der Waals surface area contributed by atoms with Crippen LogP contribution in [0.4, 0.5) is 5.69 Å². The topological polar surface area (TPSA) is 49.6 Å². The van der Waals surface area contributed by atoms with E-state index in [2.05, 4.69) is 36.2 Å². The molecule has 0 bridgehead atoms. The lowest BCUT2D eigenvalue weighted by molar-refractivity contribution is -0.136. The van der Waals surface area contributed by atoms with E-state index in [1.165, 1.54) is 5.69 Å². The molecule has 1 aliphatic rings. The van der Waals surface area contributed by atoms with Crippen LogP contribution in [-0.4, -0.2) is 43.0 Å². The monoisotopic (exact) mass is 289 g/mol. The van der Waals surface area contributed by atoms with Crippen LogP contribution in [0, 0.1) is 5.92 Å². The van der Waals surface area contributed by atoms with E-state index >= 15 is 0 Å². The number of nitrogens with zero attached hydrogens (tertiary/aromatic N) is 2. The fraction of sp³-hybridized carbons (Fsp3) is 0.588. The van der Waals surface area contributed by atoms with E-state index in [0.717, 1.165) is 25.9 Å². The molecule has 2 atom stereocenters. The summed E-state index contributed by atoms with van der Waals surface area (Å²) in [7, 11) is 2.14. The first kappa shape index (κ1) is 15.8. The highest BCUT2D eigenvalue weighted by Crippen LogP contribution is 2.22. The van der Waals surface area contributed by atoms with Gasteiger partial charge < -0.3 is 15.5 Å². The Kier molecular flexibility index (Phi) is 5.23. The molecule has 1 aromatic rings. The van der Waals surface area contributed by atoms with Crippen molar-refractivity contribution < 1.29 is 4.79 Å². The summed E-state index contributed by atoms with van der Waals surface area (Å²) in [5.41, 5.74) is 7.08. The zero-order chi connectivity index (χ0) is 15.4. The second-order valence-corrected chi connectivity index (χ2v) is 6.15. The number of nitrogens with two attached hydrogens (primary N) is 1. The summed E-state index contributed by atoms with van der Waals surface area (Å²) in [5.74, 6) is 0.110. The lowest BCUT2D eigenvalue weighted by atomic mass is 9.98. The summed E-state index contributed by atoms with van der Waals surface area (Å²) in [6, 6.07) is 10.9. The van der Waals surface area contributed by atoms with Crippen LogP contribution in [-0.2, 0) is 4.79 Å². The van der Waals surface area contributed by atoms with Crippen molar-refractivity contribution in [1.29, 1.82) is 0 Å². The minimum absolute atomic E-state index is 0.0813. The third-order valence-electron chi connectivity index (χ3n) is 4.67. The van der Waals surface area contributed by atoms with E-state index in [-0.39, 0.29) is 17.9 Å². The van der Waals surface area contributed by atoms with Gasteiger partial charge in [-0.3, -0.25) is 4.79 Å². The molecule has 2 rings (SSSR count). The van der Waals surface area contributed by atoms with Gasteiger partial charge in [0.25, 0.3) is 0 Å².